The van der Waals surface area contributed by atoms with Gasteiger partial charge in [-0.1, -0.05) is 121 Å². The molecule has 0 fully saturated rings. The molecule has 0 saturated heterocycles. The van der Waals surface area contributed by atoms with Crippen molar-refractivity contribution in [3.05, 3.63) is 157 Å². The van der Waals surface area contributed by atoms with Gasteiger partial charge in [0.25, 0.3) is 0 Å². The summed E-state index contributed by atoms with van der Waals surface area (Å²) in [6.45, 7) is 0. The molecule has 0 N–H and O–H groups in total. The molecule has 0 amide bonds. The fourth-order valence-corrected chi connectivity index (χ4v) is 5.37. The maximum Gasteiger partial charge on any atom is 0.0992 e. The van der Waals surface area contributed by atoms with Crippen molar-refractivity contribution in [2.45, 2.75) is 0 Å². The minimum Gasteiger partial charge on any atom is -0.192 e. The Hall–Kier alpha value is -5.70. The van der Waals surface area contributed by atoms with Crippen LogP contribution in [0.1, 0.15) is 11.1 Å². The second-order valence-corrected chi connectivity index (χ2v) is 9.58. The normalized spacial score (nSPS) is 10.4. The van der Waals surface area contributed by atoms with Gasteiger partial charge in [0.15, 0.2) is 0 Å². The summed E-state index contributed by atoms with van der Waals surface area (Å²) < 4.78 is 0. The monoisotopic (exact) mass is 508 g/mol. The largest absolute Gasteiger partial charge is 0.192 e. The fraction of sp³-hybridized carbons (Fsp3) is 0. The molecule has 6 rings (SSSR count). The molecule has 0 aliphatic rings. The Balaban J connectivity index is 1.88. The lowest BCUT2D eigenvalue weighted by atomic mass is 9.78. The Labute approximate surface area is 234 Å². The molecule has 0 aromatic heterocycles. The number of hydrogen-bond acceptors (Lipinski definition) is 2. The van der Waals surface area contributed by atoms with Gasteiger partial charge in [-0.3, -0.25) is 0 Å². The minimum atomic E-state index is 0.457. The lowest BCUT2D eigenvalue weighted by Crippen LogP contribution is -1.98. The first-order chi connectivity index (χ1) is 19.8. The molecule has 0 saturated carbocycles. The second kappa shape index (κ2) is 11.0. The standard InChI is InChI=1S/C38H24N2/c39-25-27-21-28(26-40)23-33(22-27)38-36(31-17-9-3-10-18-31)34(29-13-5-1-6-14-29)24-35(30-15-7-2-8-16-30)37(38)32-19-11-4-12-20-32/h1-24H. The first-order valence-electron chi connectivity index (χ1n) is 13.1. The van der Waals surface area contributed by atoms with Gasteiger partial charge in [0.05, 0.1) is 23.3 Å². The maximum atomic E-state index is 9.91. The van der Waals surface area contributed by atoms with E-state index in [1.54, 1.807) is 6.07 Å². The van der Waals surface area contributed by atoms with Crippen LogP contribution in [0.4, 0.5) is 0 Å². The van der Waals surface area contributed by atoms with E-state index < -0.39 is 0 Å². The summed E-state index contributed by atoms with van der Waals surface area (Å²) in [5.74, 6) is 0. The summed E-state index contributed by atoms with van der Waals surface area (Å²) in [7, 11) is 0. The van der Waals surface area contributed by atoms with E-state index in [0.717, 1.165) is 55.6 Å². The van der Waals surface area contributed by atoms with Crippen LogP contribution in [0.25, 0.3) is 55.6 Å². The minimum absolute atomic E-state index is 0.457. The Morgan fingerprint density at radius 2 is 0.675 bits per heavy atom. The summed E-state index contributed by atoms with van der Waals surface area (Å²) >= 11 is 0. The Morgan fingerprint density at radius 1 is 0.325 bits per heavy atom. The quantitative estimate of drug-likeness (QED) is 0.233. The van der Waals surface area contributed by atoms with Crippen molar-refractivity contribution in [1.29, 1.82) is 10.5 Å². The lowest BCUT2D eigenvalue weighted by Gasteiger charge is -2.24. The smallest absolute Gasteiger partial charge is 0.0992 e. The van der Waals surface area contributed by atoms with Crippen molar-refractivity contribution in [3.63, 3.8) is 0 Å². The molecule has 0 unspecified atom stereocenters. The highest BCUT2D eigenvalue weighted by Crippen LogP contribution is 2.50. The van der Waals surface area contributed by atoms with Crippen molar-refractivity contribution in [2.75, 3.05) is 0 Å². The Kier molecular flexibility index (Phi) is 6.75. The molecule has 186 valence electrons. The van der Waals surface area contributed by atoms with Crippen molar-refractivity contribution in [2.24, 2.45) is 0 Å². The third kappa shape index (κ3) is 4.67. The first-order valence-corrected chi connectivity index (χ1v) is 13.1. The van der Waals surface area contributed by atoms with Crippen molar-refractivity contribution in [1.82, 2.24) is 0 Å². The Bertz CT molecular complexity index is 1740. The van der Waals surface area contributed by atoms with Gasteiger partial charge < -0.3 is 0 Å². The second-order valence-electron chi connectivity index (χ2n) is 9.58. The summed E-state index contributed by atoms with van der Waals surface area (Å²) in [4.78, 5) is 0. The zero-order valence-electron chi connectivity index (χ0n) is 21.8. The number of rotatable bonds is 5. The highest BCUT2D eigenvalue weighted by Gasteiger charge is 2.24. The van der Waals surface area contributed by atoms with Crippen LogP contribution in [0, 0.1) is 22.7 Å². The third-order valence-corrected chi connectivity index (χ3v) is 7.10. The van der Waals surface area contributed by atoms with E-state index in [4.69, 9.17) is 0 Å². The van der Waals surface area contributed by atoms with E-state index in [1.165, 1.54) is 0 Å². The van der Waals surface area contributed by atoms with Gasteiger partial charge in [0, 0.05) is 0 Å². The summed E-state index contributed by atoms with van der Waals surface area (Å²) in [5, 5.41) is 19.8. The van der Waals surface area contributed by atoms with Crippen LogP contribution >= 0.6 is 0 Å². The number of nitrogens with zero attached hydrogens (tertiary/aromatic N) is 2. The maximum absolute atomic E-state index is 9.91. The van der Waals surface area contributed by atoms with Crippen molar-refractivity contribution in [3.8, 4) is 67.8 Å². The molecule has 6 aromatic rings. The molecule has 0 radical (unpaired) electrons. The van der Waals surface area contributed by atoms with Gasteiger partial charge in [-0.15, -0.1) is 0 Å². The van der Waals surface area contributed by atoms with Gasteiger partial charge in [-0.2, -0.15) is 10.5 Å². The molecule has 0 spiro atoms. The van der Waals surface area contributed by atoms with E-state index in [0.29, 0.717) is 11.1 Å². The molecule has 0 aliphatic carbocycles. The molecular weight excluding hydrogens is 484 g/mol. The van der Waals surface area contributed by atoms with Crippen LogP contribution in [0.2, 0.25) is 0 Å². The van der Waals surface area contributed by atoms with Gasteiger partial charge in [-0.05, 0) is 79.9 Å². The molecule has 40 heavy (non-hydrogen) atoms. The van der Waals surface area contributed by atoms with Gasteiger partial charge >= 0.3 is 0 Å². The topological polar surface area (TPSA) is 47.6 Å². The summed E-state index contributed by atoms with van der Waals surface area (Å²) in [6, 6.07) is 53.8. The first kappa shape index (κ1) is 24.6. The van der Waals surface area contributed by atoms with E-state index in [-0.39, 0.29) is 0 Å². The summed E-state index contributed by atoms with van der Waals surface area (Å²) in [6.07, 6.45) is 0. The van der Waals surface area contributed by atoms with Crippen LogP contribution in [0.15, 0.2) is 146 Å². The predicted molar refractivity (Wildman–Crippen MR) is 163 cm³/mol. The molecule has 0 heterocycles. The van der Waals surface area contributed by atoms with E-state index >= 15 is 0 Å². The zero-order chi connectivity index (χ0) is 27.3. The van der Waals surface area contributed by atoms with Gasteiger partial charge in [-0.25, -0.2) is 0 Å². The molecule has 2 heteroatoms. The molecule has 2 nitrogen and oxygen atoms in total. The molecule has 6 aromatic carbocycles. The Morgan fingerprint density at radius 3 is 1.02 bits per heavy atom. The van der Waals surface area contributed by atoms with Crippen LogP contribution in [-0.2, 0) is 0 Å². The number of nitriles is 2. The molecule has 0 bridgehead atoms. The fourth-order valence-electron chi connectivity index (χ4n) is 5.37. The van der Waals surface area contributed by atoms with E-state index in [1.807, 2.05) is 60.7 Å². The number of benzene rings is 6. The van der Waals surface area contributed by atoms with Crippen molar-refractivity contribution < 1.29 is 0 Å². The van der Waals surface area contributed by atoms with Crippen LogP contribution in [0.3, 0.4) is 0 Å². The van der Waals surface area contributed by atoms with Crippen molar-refractivity contribution >= 4 is 0 Å². The summed E-state index contributed by atoms with van der Waals surface area (Å²) in [5.41, 5.74) is 11.3. The van der Waals surface area contributed by atoms with E-state index in [9.17, 15) is 10.5 Å². The SMILES string of the molecule is N#Cc1cc(C#N)cc(-c2c(-c3ccccc3)c(-c3ccccc3)cc(-c3ccccc3)c2-c2ccccc2)c1. The third-order valence-electron chi connectivity index (χ3n) is 7.10. The van der Waals surface area contributed by atoms with Crippen LogP contribution in [-0.4, -0.2) is 0 Å². The molecular formula is C38H24N2. The number of hydrogen-bond donors (Lipinski definition) is 0. The van der Waals surface area contributed by atoms with Gasteiger partial charge in [0.1, 0.15) is 0 Å². The highest BCUT2D eigenvalue weighted by atomic mass is 14.3. The average molecular weight is 509 g/mol. The van der Waals surface area contributed by atoms with E-state index in [2.05, 4.69) is 91.0 Å². The van der Waals surface area contributed by atoms with Crippen LogP contribution in [0.5, 0.6) is 0 Å². The van der Waals surface area contributed by atoms with Crippen LogP contribution < -0.4 is 0 Å². The predicted octanol–water partition coefficient (Wildman–Crippen LogP) is 9.76. The zero-order valence-corrected chi connectivity index (χ0v) is 21.8. The average Bonchev–Trinajstić information content (AvgIpc) is 3.05. The lowest BCUT2D eigenvalue weighted by molar-refractivity contribution is 1.44. The highest BCUT2D eigenvalue weighted by molar-refractivity contribution is 6.07. The molecule has 0 aliphatic heterocycles. The van der Waals surface area contributed by atoms with Gasteiger partial charge in [0.2, 0.25) is 0 Å². The molecule has 0 atom stereocenters.